The molecule has 1 N–H and O–H groups in total. The Kier molecular flexibility index (Phi) is 7.40. The van der Waals surface area contributed by atoms with E-state index in [2.05, 4.69) is 5.32 Å². The average Bonchev–Trinajstić information content (AvgIpc) is 2.90. The average molecular weight is 477 g/mol. The molecular weight excluding hydrogens is 451 g/mol. The SMILES string of the molecule is COc1ccccc1C(=O)Nc1ccc(OC(=O)C2CCN(C(=O)c3ccc(F)cc3)CC2)cc1. The van der Waals surface area contributed by atoms with Crippen LogP contribution in [0.15, 0.2) is 72.8 Å². The number of carbonyl (C=O) groups excluding carboxylic acids is 3. The summed E-state index contributed by atoms with van der Waals surface area (Å²) < 4.78 is 23.8. The monoisotopic (exact) mass is 476 g/mol. The predicted molar refractivity (Wildman–Crippen MR) is 128 cm³/mol. The Morgan fingerprint density at radius 2 is 1.57 bits per heavy atom. The zero-order valence-electron chi connectivity index (χ0n) is 19.2. The van der Waals surface area contributed by atoms with Gasteiger partial charge in [0.05, 0.1) is 18.6 Å². The van der Waals surface area contributed by atoms with Crippen LogP contribution in [-0.4, -0.2) is 42.9 Å². The van der Waals surface area contributed by atoms with E-state index in [0.29, 0.717) is 54.2 Å². The minimum atomic E-state index is -0.394. The normalized spacial score (nSPS) is 13.7. The number of ether oxygens (including phenoxy) is 2. The van der Waals surface area contributed by atoms with Gasteiger partial charge in [0.1, 0.15) is 17.3 Å². The number of methoxy groups -OCH3 is 1. The second kappa shape index (κ2) is 10.8. The Morgan fingerprint density at radius 1 is 0.914 bits per heavy atom. The molecule has 3 aromatic rings. The maximum absolute atomic E-state index is 13.1. The minimum Gasteiger partial charge on any atom is -0.496 e. The van der Waals surface area contributed by atoms with E-state index >= 15 is 0 Å². The number of piperidine rings is 1. The van der Waals surface area contributed by atoms with Crippen LogP contribution >= 0.6 is 0 Å². The van der Waals surface area contributed by atoms with E-state index in [4.69, 9.17) is 9.47 Å². The lowest BCUT2D eigenvalue weighted by molar-refractivity contribution is -0.140. The van der Waals surface area contributed by atoms with Crippen LogP contribution in [0.25, 0.3) is 0 Å². The van der Waals surface area contributed by atoms with Gasteiger partial charge in [-0.3, -0.25) is 14.4 Å². The van der Waals surface area contributed by atoms with E-state index in [1.54, 1.807) is 53.4 Å². The quantitative estimate of drug-likeness (QED) is 0.417. The van der Waals surface area contributed by atoms with Crippen LogP contribution in [0.5, 0.6) is 11.5 Å². The largest absolute Gasteiger partial charge is 0.496 e. The first-order chi connectivity index (χ1) is 16.9. The number of nitrogens with zero attached hydrogens (tertiary/aromatic N) is 1. The lowest BCUT2D eigenvalue weighted by atomic mass is 9.96. The molecule has 35 heavy (non-hydrogen) atoms. The third-order valence-electron chi connectivity index (χ3n) is 5.89. The molecule has 7 nitrogen and oxygen atoms in total. The Hall–Kier alpha value is -4.20. The summed E-state index contributed by atoms with van der Waals surface area (Å²) in [6.45, 7) is 0.841. The summed E-state index contributed by atoms with van der Waals surface area (Å²) in [6.07, 6.45) is 0.970. The van der Waals surface area contributed by atoms with Crippen LogP contribution in [-0.2, 0) is 4.79 Å². The number of amides is 2. The first-order valence-electron chi connectivity index (χ1n) is 11.3. The van der Waals surface area contributed by atoms with E-state index in [1.807, 2.05) is 0 Å². The van der Waals surface area contributed by atoms with Gasteiger partial charge in [-0.1, -0.05) is 12.1 Å². The number of hydrogen-bond acceptors (Lipinski definition) is 5. The molecule has 1 aliphatic heterocycles. The predicted octanol–water partition coefficient (Wildman–Crippen LogP) is 4.54. The summed E-state index contributed by atoms with van der Waals surface area (Å²) in [7, 11) is 1.50. The number of benzene rings is 3. The standard InChI is InChI=1S/C27H25FN2O5/c1-34-24-5-3-2-4-23(24)25(31)29-21-10-12-22(13-11-21)35-27(33)19-14-16-30(17-15-19)26(32)18-6-8-20(28)9-7-18/h2-13,19H,14-17H2,1H3,(H,29,31). The Balaban J connectivity index is 1.28. The van der Waals surface area contributed by atoms with Gasteiger partial charge < -0.3 is 19.7 Å². The summed E-state index contributed by atoms with van der Waals surface area (Å²) in [6, 6.07) is 18.9. The van der Waals surface area contributed by atoms with Crippen molar-refractivity contribution in [3.05, 3.63) is 89.7 Å². The van der Waals surface area contributed by atoms with Crippen molar-refractivity contribution in [2.45, 2.75) is 12.8 Å². The van der Waals surface area contributed by atoms with Crippen molar-refractivity contribution in [2.75, 3.05) is 25.5 Å². The molecule has 0 atom stereocenters. The number of halogens is 1. The number of anilines is 1. The smallest absolute Gasteiger partial charge is 0.314 e. The fraction of sp³-hybridized carbons (Fsp3) is 0.222. The first kappa shape index (κ1) is 23.9. The molecule has 4 rings (SSSR count). The Bertz CT molecular complexity index is 1200. The lowest BCUT2D eigenvalue weighted by Gasteiger charge is -2.31. The molecule has 1 fully saturated rings. The summed E-state index contributed by atoms with van der Waals surface area (Å²) >= 11 is 0. The number of likely N-dealkylation sites (tertiary alicyclic amines) is 1. The summed E-state index contributed by atoms with van der Waals surface area (Å²) in [4.78, 5) is 39.4. The van der Waals surface area contributed by atoms with Gasteiger partial charge in [0.2, 0.25) is 0 Å². The van der Waals surface area contributed by atoms with Gasteiger partial charge >= 0.3 is 5.97 Å². The van der Waals surface area contributed by atoms with E-state index in [9.17, 15) is 18.8 Å². The maximum atomic E-state index is 13.1. The van der Waals surface area contributed by atoms with E-state index in [-0.39, 0.29) is 23.7 Å². The third kappa shape index (κ3) is 5.84. The van der Waals surface area contributed by atoms with E-state index in [1.165, 1.54) is 31.4 Å². The molecule has 0 spiro atoms. The maximum Gasteiger partial charge on any atom is 0.314 e. The first-order valence-corrected chi connectivity index (χ1v) is 11.3. The summed E-state index contributed by atoms with van der Waals surface area (Å²) in [5.41, 5.74) is 1.38. The van der Waals surface area contributed by atoms with Gasteiger partial charge in [-0.25, -0.2) is 4.39 Å². The zero-order chi connectivity index (χ0) is 24.8. The summed E-state index contributed by atoms with van der Waals surface area (Å²) in [5, 5.41) is 2.79. The topological polar surface area (TPSA) is 84.9 Å². The molecular formula is C27H25FN2O5. The van der Waals surface area contributed by atoms with Crippen LogP contribution in [0.3, 0.4) is 0 Å². The second-order valence-corrected chi connectivity index (χ2v) is 8.17. The Labute approximate surface area is 202 Å². The highest BCUT2D eigenvalue weighted by molar-refractivity contribution is 6.06. The number of hydrogen-bond donors (Lipinski definition) is 1. The molecule has 0 unspecified atom stereocenters. The second-order valence-electron chi connectivity index (χ2n) is 8.17. The fourth-order valence-electron chi connectivity index (χ4n) is 3.93. The van der Waals surface area contributed by atoms with Crippen molar-refractivity contribution in [3.8, 4) is 11.5 Å². The molecule has 1 aliphatic rings. The third-order valence-corrected chi connectivity index (χ3v) is 5.89. The van der Waals surface area contributed by atoms with Crippen molar-refractivity contribution in [1.82, 2.24) is 4.90 Å². The van der Waals surface area contributed by atoms with E-state index in [0.717, 1.165) is 0 Å². The lowest BCUT2D eigenvalue weighted by Crippen LogP contribution is -2.41. The van der Waals surface area contributed by atoms with Crippen LogP contribution in [0, 0.1) is 11.7 Å². The number of carbonyl (C=O) groups is 3. The minimum absolute atomic E-state index is 0.178. The number of nitrogens with one attached hydrogen (secondary N) is 1. The van der Waals surface area contributed by atoms with Crippen LogP contribution in [0.1, 0.15) is 33.6 Å². The van der Waals surface area contributed by atoms with Crippen molar-refractivity contribution in [3.63, 3.8) is 0 Å². The molecule has 8 heteroatoms. The van der Waals surface area contributed by atoms with Gasteiger partial charge in [0, 0.05) is 24.3 Å². The molecule has 0 saturated carbocycles. The van der Waals surface area contributed by atoms with Crippen LogP contribution in [0.4, 0.5) is 10.1 Å². The van der Waals surface area contributed by atoms with Gasteiger partial charge in [0.25, 0.3) is 11.8 Å². The van der Waals surface area contributed by atoms with Gasteiger partial charge in [-0.05, 0) is 73.5 Å². The molecule has 1 saturated heterocycles. The highest BCUT2D eigenvalue weighted by Gasteiger charge is 2.29. The van der Waals surface area contributed by atoms with Crippen LogP contribution < -0.4 is 14.8 Å². The molecule has 3 aromatic carbocycles. The molecule has 2 amide bonds. The number of para-hydroxylation sites is 1. The van der Waals surface area contributed by atoms with Gasteiger partial charge in [-0.15, -0.1) is 0 Å². The highest BCUT2D eigenvalue weighted by atomic mass is 19.1. The van der Waals surface area contributed by atoms with Gasteiger partial charge in [0.15, 0.2) is 0 Å². The molecule has 1 heterocycles. The number of esters is 1. The van der Waals surface area contributed by atoms with Crippen molar-refractivity contribution in [2.24, 2.45) is 5.92 Å². The summed E-state index contributed by atoms with van der Waals surface area (Å²) in [5.74, 6) is -0.718. The Morgan fingerprint density at radius 3 is 2.23 bits per heavy atom. The van der Waals surface area contributed by atoms with E-state index < -0.39 is 5.82 Å². The molecule has 180 valence electrons. The van der Waals surface area contributed by atoms with Crippen molar-refractivity contribution < 1.29 is 28.2 Å². The molecule has 0 bridgehead atoms. The molecule has 0 radical (unpaired) electrons. The van der Waals surface area contributed by atoms with Crippen LogP contribution in [0.2, 0.25) is 0 Å². The zero-order valence-corrected chi connectivity index (χ0v) is 19.2. The molecule has 0 aromatic heterocycles. The highest BCUT2D eigenvalue weighted by Crippen LogP contribution is 2.24. The van der Waals surface area contributed by atoms with Crippen molar-refractivity contribution >= 4 is 23.5 Å². The molecule has 0 aliphatic carbocycles. The van der Waals surface area contributed by atoms with Gasteiger partial charge in [-0.2, -0.15) is 0 Å². The van der Waals surface area contributed by atoms with Crippen molar-refractivity contribution in [1.29, 1.82) is 0 Å². The fourth-order valence-corrected chi connectivity index (χ4v) is 3.93. The number of rotatable bonds is 6.